The first-order valence-electron chi connectivity index (χ1n) is 7.19. The summed E-state index contributed by atoms with van der Waals surface area (Å²) in [6.07, 6.45) is 1.48. The molecule has 0 radical (unpaired) electrons. The summed E-state index contributed by atoms with van der Waals surface area (Å²) >= 11 is 1.36. The molecule has 2 saturated heterocycles. The molecule has 3 rings (SSSR count). The number of thiophene rings is 1. The van der Waals surface area contributed by atoms with Crippen LogP contribution in [0.1, 0.15) is 22.5 Å². The van der Waals surface area contributed by atoms with Gasteiger partial charge in [0.25, 0.3) is 11.8 Å². The van der Waals surface area contributed by atoms with Gasteiger partial charge in [-0.05, 0) is 24.3 Å². The molecule has 114 valence electrons. The molecule has 21 heavy (non-hydrogen) atoms. The van der Waals surface area contributed by atoms with Crippen molar-refractivity contribution in [3.05, 3.63) is 16.3 Å². The summed E-state index contributed by atoms with van der Waals surface area (Å²) in [5.41, 5.74) is 6.32. The number of piperazine rings is 1. The van der Waals surface area contributed by atoms with Crippen molar-refractivity contribution in [2.75, 3.05) is 38.5 Å². The van der Waals surface area contributed by atoms with E-state index in [0.29, 0.717) is 43.4 Å². The van der Waals surface area contributed by atoms with Crippen molar-refractivity contribution in [3.8, 4) is 0 Å². The summed E-state index contributed by atoms with van der Waals surface area (Å²) in [7, 11) is 0. The molecule has 0 aromatic carbocycles. The topological polar surface area (TPSA) is 75.9 Å². The van der Waals surface area contributed by atoms with Gasteiger partial charge in [-0.25, -0.2) is 0 Å². The molecule has 0 saturated carbocycles. The van der Waals surface area contributed by atoms with E-state index in [9.17, 15) is 9.59 Å². The van der Waals surface area contributed by atoms with Crippen LogP contribution in [0.3, 0.4) is 0 Å². The van der Waals surface area contributed by atoms with Gasteiger partial charge in [-0.1, -0.05) is 0 Å². The summed E-state index contributed by atoms with van der Waals surface area (Å²) in [4.78, 5) is 28.7. The van der Waals surface area contributed by atoms with Gasteiger partial charge in [0.1, 0.15) is 11.0 Å². The van der Waals surface area contributed by atoms with Gasteiger partial charge in [0.15, 0.2) is 0 Å². The zero-order valence-corrected chi connectivity index (χ0v) is 12.6. The van der Waals surface area contributed by atoms with Crippen LogP contribution >= 0.6 is 11.3 Å². The third-order valence-electron chi connectivity index (χ3n) is 3.97. The second-order valence-corrected chi connectivity index (χ2v) is 6.24. The highest BCUT2D eigenvalue weighted by Crippen LogP contribution is 2.22. The van der Waals surface area contributed by atoms with Gasteiger partial charge >= 0.3 is 0 Å². The lowest BCUT2D eigenvalue weighted by Gasteiger charge is -2.35. The average molecular weight is 309 g/mol. The van der Waals surface area contributed by atoms with Crippen molar-refractivity contribution in [1.29, 1.82) is 0 Å². The lowest BCUT2D eigenvalue weighted by atomic mass is 10.2. The highest BCUT2D eigenvalue weighted by Gasteiger charge is 2.31. The van der Waals surface area contributed by atoms with Crippen LogP contribution in [0.15, 0.2) is 11.4 Å². The molecular formula is C14H19N3O3S. The summed E-state index contributed by atoms with van der Waals surface area (Å²) in [6.45, 7) is 2.90. The zero-order valence-electron chi connectivity index (χ0n) is 11.8. The molecular weight excluding hydrogens is 290 g/mol. The van der Waals surface area contributed by atoms with Gasteiger partial charge in [-0.2, -0.15) is 0 Å². The molecule has 2 fully saturated rings. The highest BCUT2D eigenvalue weighted by molar-refractivity contribution is 7.12. The largest absolute Gasteiger partial charge is 0.397 e. The van der Waals surface area contributed by atoms with Crippen molar-refractivity contribution in [1.82, 2.24) is 9.80 Å². The molecule has 1 aromatic heterocycles. The Morgan fingerprint density at radius 1 is 1.24 bits per heavy atom. The van der Waals surface area contributed by atoms with Crippen LogP contribution in [0.2, 0.25) is 0 Å². The second-order valence-electron chi connectivity index (χ2n) is 5.32. The van der Waals surface area contributed by atoms with E-state index >= 15 is 0 Å². The minimum absolute atomic E-state index is 0.0354. The molecule has 1 unspecified atom stereocenters. The Bertz CT molecular complexity index is 531. The van der Waals surface area contributed by atoms with Crippen molar-refractivity contribution in [2.45, 2.75) is 18.9 Å². The number of hydrogen-bond donors (Lipinski definition) is 1. The van der Waals surface area contributed by atoms with E-state index in [0.717, 1.165) is 12.8 Å². The number of ether oxygens (including phenoxy) is 1. The van der Waals surface area contributed by atoms with E-state index < -0.39 is 0 Å². The summed E-state index contributed by atoms with van der Waals surface area (Å²) in [5, 5.41) is 1.82. The van der Waals surface area contributed by atoms with E-state index in [1.807, 2.05) is 5.38 Å². The van der Waals surface area contributed by atoms with Crippen LogP contribution < -0.4 is 5.73 Å². The fraction of sp³-hybridized carbons (Fsp3) is 0.571. The molecule has 6 nitrogen and oxygen atoms in total. The first-order valence-corrected chi connectivity index (χ1v) is 8.07. The monoisotopic (exact) mass is 309 g/mol. The SMILES string of the molecule is Nc1ccsc1C(=O)N1CCN(C(=O)C2CCCO2)CC1. The van der Waals surface area contributed by atoms with Gasteiger partial charge in [0.2, 0.25) is 0 Å². The van der Waals surface area contributed by atoms with E-state index in [1.54, 1.807) is 15.9 Å². The van der Waals surface area contributed by atoms with Gasteiger partial charge in [-0.3, -0.25) is 9.59 Å². The minimum atomic E-state index is -0.278. The van der Waals surface area contributed by atoms with Crippen LogP contribution in [0.5, 0.6) is 0 Å². The lowest BCUT2D eigenvalue weighted by Crippen LogP contribution is -2.52. The van der Waals surface area contributed by atoms with E-state index in [4.69, 9.17) is 10.5 Å². The fourth-order valence-electron chi connectivity index (χ4n) is 2.74. The Morgan fingerprint density at radius 3 is 2.52 bits per heavy atom. The highest BCUT2D eigenvalue weighted by atomic mass is 32.1. The molecule has 2 aliphatic heterocycles. The van der Waals surface area contributed by atoms with Crippen LogP contribution in [0.4, 0.5) is 5.69 Å². The molecule has 0 aliphatic carbocycles. The number of carbonyl (C=O) groups is 2. The molecule has 1 atom stereocenters. The molecule has 2 amide bonds. The average Bonchev–Trinajstić information content (AvgIpc) is 3.17. The Labute approximate surface area is 127 Å². The number of nitrogens with two attached hydrogens (primary N) is 1. The third-order valence-corrected chi connectivity index (χ3v) is 4.89. The number of amides is 2. The Morgan fingerprint density at radius 2 is 1.95 bits per heavy atom. The van der Waals surface area contributed by atoms with E-state index in [-0.39, 0.29) is 17.9 Å². The van der Waals surface area contributed by atoms with Crippen molar-refractivity contribution >= 4 is 28.8 Å². The second kappa shape index (κ2) is 6.03. The van der Waals surface area contributed by atoms with Crippen LogP contribution in [-0.2, 0) is 9.53 Å². The van der Waals surface area contributed by atoms with Gasteiger partial charge in [0, 0.05) is 32.8 Å². The van der Waals surface area contributed by atoms with Gasteiger partial charge < -0.3 is 20.3 Å². The summed E-state index contributed by atoms with van der Waals surface area (Å²) in [6, 6.07) is 1.75. The fourth-order valence-corrected chi connectivity index (χ4v) is 3.53. The zero-order chi connectivity index (χ0) is 14.8. The maximum atomic E-state index is 12.3. The molecule has 1 aromatic rings. The quantitative estimate of drug-likeness (QED) is 0.876. The predicted octanol–water partition coefficient (Wildman–Crippen LogP) is 0.794. The minimum Gasteiger partial charge on any atom is -0.397 e. The number of nitrogens with zero attached hydrogens (tertiary/aromatic N) is 2. The number of rotatable bonds is 2. The predicted molar refractivity (Wildman–Crippen MR) is 80.2 cm³/mol. The number of nitrogen functional groups attached to an aromatic ring is 1. The summed E-state index contributed by atoms with van der Waals surface area (Å²) in [5.74, 6) is 0.0296. The molecule has 3 heterocycles. The van der Waals surface area contributed by atoms with Crippen LogP contribution in [0.25, 0.3) is 0 Å². The first-order chi connectivity index (χ1) is 10.2. The Balaban J connectivity index is 1.56. The summed E-state index contributed by atoms with van der Waals surface area (Å²) < 4.78 is 5.43. The standard InChI is InChI=1S/C14H19N3O3S/c15-10-3-9-21-12(10)14(19)17-6-4-16(5-7-17)13(18)11-2-1-8-20-11/h3,9,11H,1-2,4-8,15H2. The molecule has 2 N–H and O–H groups in total. The lowest BCUT2D eigenvalue weighted by molar-refractivity contribution is -0.142. The van der Waals surface area contributed by atoms with Crippen molar-refractivity contribution in [2.24, 2.45) is 0 Å². The van der Waals surface area contributed by atoms with Crippen LogP contribution in [0, 0.1) is 0 Å². The molecule has 2 aliphatic rings. The van der Waals surface area contributed by atoms with Crippen LogP contribution in [-0.4, -0.2) is 60.5 Å². The number of carbonyl (C=O) groups excluding carboxylic acids is 2. The van der Waals surface area contributed by atoms with Gasteiger partial charge in [-0.15, -0.1) is 11.3 Å². The Hall–Kier alpha value is -1.60. The normalized spacial score (nSPS) is 22.6. The maximum absolute atomic E-state index is 12.3. The van der Waals surface area contributed by atoms with Crippen molar-refractivity contribution in [3.63, 3.8) is 0 Å². The third kappa shape index (κ3) is 2.89. The van der Waals surface area contributed by atoms with Gasteiger partial charge in [0.05, 0.1) is 5.69 Å². The smallest absolute Gasteiger partial charge is 0.266 e. The first kappa shape index (κ1) is 14.3. The molecule has 0 spiro atoms. The van der Waals surface area contributed by atoms with Crippen molar-refractivity contribution < 1.29 is 14.3 Å². The number of hydrogen-bond acceptors (Lipinski definition) is 5. The van der Waals surface area contributed by atoms with E-state index in [2.05, 4.69) is 0 Å². The maximum Gasteiger partial charge on any atom is 0.266 e. The Kier molecular flexibility index (Phi) is 4.12. The molecule has 7 heteroatoms. The molecule has 0 bridgehead atoms. The number of anilines is 1. The van der Waals surface area contributed by atoms with E-state index in [1.165, 1.54) is 11.3 Å².